The summed E-state index contributed by atoms with van der Waals surface area (Å²) in [7, 11) is 1.94. The minimum atomic E-state index is -1.16. The van der Waals surface area contributed by atoms with Crippen LogP contribution < -0.4 is 20.2 Å². The van der Waals surface area contributed by atoms with Gasteiger partial charge in [-0.3, -0.25) is 0 Å². The summed E-state index contributed by atoms with van der Waals surface area (Å²) in [5, 5.41) is 22.8. The molecule has 8 bridgehead atoms. The van der Waals surface area contributed by atoms with Crippen molar-refractivity contribution in [3.63, 3.8) is 0 Å². The van der Waals surface area contributed by atoms with E-state index in [1.165, 1.54) is 0 Å². The number of hydrogen-bond donors (Lipinski definition) is 0. The Morgan fingerprint density at radius 2 is 1.20 bits per heavy atom. The number of fused-ring (bicyclic) bond motifs is 8. The molecule has 0 aliphatic carbocycles. The molecule has 2 aliphatic rings. The Hall–Kier alpha value is -5.25. The number of aromatic nitrogens is 6. The summed E-state index contributed by atoms with van der Waals surface area (Å²) in [4.78, 5) is 46.2. The van der Waals surface area contributed by atoms with E-state index in [9.17, 15) is 19.8 Å². The van der Waals surface area contributed by atoms with Crippen molar-refractivity contribution in [1.82, 2.24) is 29.5 Å². The number of carbonyl (C=O) groups excluding carboxylic acids is 2. The van der Waals surface area contributed by atoms with Crippen molar-refractivity contribution in [2.75, 3.05) is 0 Å². The second-order valence-electron chi connectivity index (χ2n) is 11.8. The fraction of sp³-hybridized carbons (Fsp3) is 0.237. The van der Waals surface area contributed by atoms with Crippen LogP contribution >= 0.6 is 0 Å². The minimum absolute atomic E-state index is 0. The summed E-state index contributed by atoms with van der Waals surface area (Å²) in [5.41, 5.74) is 12.2. The average molecular weight is 699 g/mol. The molecule has 6 rings (SSSR count). The summed E-state index contributed by atoms with van der Waals surface area (Å²) in [6, 6.07) is 7.52. The molecule has 0 saturated heterocycles. The van der Waals surface area contributed by atoms with Crippen LogP contribution in [0.1, 0.15) is 74.6 Å². The molecule has 0 fully saturated rings. The van der Waals surface area contributed by atoms with Gasteiger partial charge in [-0.25, -0.2) is 15.0 Å². The summed E-state index contributed by atoms with van der Waals surface area (Å²) in [5.74, 6) is -2.31. The number of hydrogen-bond acceptors (Lipinski definition) is 7. The standard InChI is InChI=1S/C34H34N4O4.C4H6N2.Fe/c1-7-21-17(3)25-13-26-19(5)23(9-11-33(39)40)31(37-26)16-32-24(10-12-34(41)42)20(6)28(38-32)15-30-22(8-2)18(4)27(36-30)14-29(21)35-25;1-6-3-2-5-4-6;/h7-8,13-16H,1-2,9-12H2,3-6H3,(H4,35,36,37,38,39,40,41,42);2-4H,1H3;/q;;+2/p-2. The molecule has 6 heterocycles. The number of carboxylic acid groups (broad SMARTS) is 2. The smallest absolute Gasteiger partial charge is 0.657 e. The maximum atomic E-state index is 11.4. The Kier molecular flexibility index (Phi) is 11.4. The number of aryl methyl sites for hydroxylation is 5. The van der Waals surface area contributed by atoms with E-state index >= 15 is 0 Å². The Bertz CT molecular complexity index is 2200. The number of imidazole rings is 1. The fourth-order valence-corrected chi connectivity index (χ4v) is 5.93. The van der Waals surface area contributed by atoms with Gasteiger partial charge in [0.25, 0.3) is 0 Å². The molecule has 0 atom stereocenters. The van der Waals surface area contributed by atoms with Crippen LogP contribution in [-0.2, 0) is 46.5 Å². The van der Waals surface area contributed by atoms with E-state index in [1.54, 1.807) is 30.7 Å². The van der Waals surface area contributed by atoms with Gasteiger partial charge in [0.05, 0.1) is 29.1 Å². The monoisotopic (exact) mass is 698 g/mol. The molecule has 0 unspecified atom stereocenters. The van der Waals surface area contributed by atoms with Crippen molar-refractivity contribution in [3.05, 3.63) is 113 Å². The van der Waals surface area contributed by atoms with Crippen molar-refractivity contribution < 1.29 is 39.7 Å². The third-order valence-electron chi connectivity index (χ3n) is 8.68. The van der Waals surface area contributed by atoms with Crippen LogP contribution in [0.4, 0.5) is 0 Å². The predicted molar refractivity (Wildman–Crippen MR) is 186 cm³/mol. The normalized spacial score (nSPS) is 12.3. The zero-order valence-electron chi connectivity index (χ0n) is 30.1. The molecule has 0 amide bonds. The molecule has 4 aromatic rings. The molecule has 11 heteroatoms. The Morgan fingerprint density at radius 3 is 1.59 bits per heavy atom. The van der Waals surface area contributed by atoms with Crippen molar-refractivity contribution in [1.29, 1.82) is 0 Å². The Balaban J connectivity index is 0.000000909. The molecule has 2 aliphatic heterocycles. The van der Waals surface area contributed by atoms with Crippen LogP contribution in [0.3, 0.4) is 0 Å². The third-order valence-corrected chi connectivity index (χ3v) is 8.68. The zero-order chi connectivity index (χ0) is 34.7. The first kappa shape index (κ1) is 36.6. The topological polar surface area (TPSA) is 152 Å². The van der Waals surface area contributed by atoms with Crippen LogP contribution in [0.5, 0.6) is 0 Å². The fourth-order valence-electron chi connectivity index (χ4n) is 5.93. The predicted octanol–water partition coefficient (Wildman–Crippen LogP) is 4.43. The van der Waals surface area contributed by atoms with Gasteiger partial charge in [0, 0.05) is 42.5 Å². The number of nitrogens with zero attached hydrogens (tertiary/aromatic N) is 6. The van der Waals surface area contributed by atoms with Crippen LogP contribution in [-0.4, -0.2) is 31.5 Å². The second-order valence-corrected chi connectivity index (χ2v) is 11.8. The Morgan fingerprint density at radius 1 is 0.755 bits per heavy atom. The van der Waals surface area contributed by atoms with Crippen molar-refractivity contribution in [2.24, 2.45) is 7.05 Å². The molecule has 0 radical (unpaired) electrons. The van der Waals surface area contributed by atoms with Gasteiger partial charge in [0.2, 0.25) is 0 Å². The molecule has 0 aromatic carbocycles. The summed E-state index contributed by atoms with van der Waals surface area (Å²) in [6.07, 6.45) is 9.04. The summed E-state index contributed by atoms with van der Waals surface area (Å²) in [6.45, 7) is 15.8. The van der Waals surface area contributed by atoms with Gasteiger partial charge in [-0.05, 0) is 70.6 Å². The molecule has 10 nitrogen and oxygen atoms in total. The van der Waals surface area contributed by atoms with Crippen LogP contribution in [0.15, 0.2) is 68.3 Å². The number of aliphatic carboxylic acids is 2. The average Bonchev–Trinajstić information content (AvgIpc) is 3.82. The zero-order valence-corrected chi connectivity index (χ0v) is 29.2. The van der Waals surface area contributed by atoms with E-state index in [4.69, 9.17) is 19.9 Å². The van der Waals surface area contributed by atoms with E-state index in [0.717, 1.165) is 61.6 Å². The van der Waals surface area contributed by atoms with Crippen molar-refractivity contribution in [2.45, 2.75) is 53.4 Å². The van der Waals surface area contributed by atoms with E-state index < -0.39 is 11.9 Å². The largest absolute Gasteiger partial charge is 2.00 e. The molecular formula is C38H38FeN6O4. The van der Waals surface area contributed by atoms with Gasteiger partial charge >= 0.3 is 19.9 Å². The maximum absolute atomic E-state index is 11.4. The van der Waals surface area contributed by atoms with Crippen LogP contribution in [0, 0.1) is 13.8 Å². The third kappa shape index (κ3) is 7.74. The molecule has 49 heavy (non-hydrogen) atoms. The number of allylic oxidation sites excluding steroid dienone is 6. The number of rotatable bonds is 8. The van der Waals surface area contributed by atoms with Crippen LogP contribution in [0.25, 0.3) is 44.4 Å². The summed E-state index contributed by atoms with van der Waals surface area (Å²) >= 11 is 0. The molecule has 4 aromatic heterocycles. The molecule has 0 saturated carbocycles. The Labute approximate surface area is 298 Å². The first-order chi connectivity index (χ1) is 22.9. The molecule has 252 valence electrons. The van der Waals surface area contributed by atoms with Crippen molar-refractivity contribution in [3.8, 4) is 0 Å². The number of carbonyl (C=O) groups is 2. The summed E-state index contributed by atoms with van der Waals surface area (Å²) < 4.78 is 1.89. The van der Waals surface area contributed by atoms with E-state index in [-0.39, 0.29) is 45.6 Å². The van der Waals surface area contributed by atoms with Gasteiger partial charge in [-0.15, -0.1) is 22.1 Å². The van der Waals surface area contributed by atoms with Gasteiger partial charge < -0.3 is 34.3 Å². The van der Waals surface area contributed by atoms with E-state index in [1.807, 2.05) is 63.7 Å². The number of carboxylic acids is 2. The van der Waals surface area contributed by atoms with E-state index in [0.29, 0.717) is 27.8 Å². The molecule has 0 N–H and O–H groups in total. The molecular weight excluding hydrogens is 660 g/mol. The van der Waals surface area contributed by atoms with Gasteiger partial charge in [0.1, 0.15) is 0 Å². The van der Waals surface area contributed by atoms with Gasteiger partial charge in [-0.1, -0.05) is 65.8 Å². The van der Waals surface area contributed by atoms with Gasteiger partial charge in [-0.2, -0.15) is 0 Å². The minimum Gasteiger partial charge on any atom is -0.657 e. The maximum Gasteiger partial charge on any atom is 2.00 e. The first-order valence-electron chi connectivity index (χ1n) is 15.5. The second kappa shape index (κ2) is 15.3. The quantitative estimate of drug-likeness (QED) is 0.243. The van der Waals surface area contributed by atoms with E-state index in [2.05, 4.69) is 18.1 Å². The van der Waals surface area contributed by atoms with Gasteiger partial charge in [0.15, 0.2) is 0 Å². The van der Waals surface area contributed by atoms with Crippen LogP contribution in [0.2, 0.25) is 0 Å². The molecule has 0 spiro atoms. The van der Waals surface area contributed by atoms with Crippen molar-refractivity contribution >= 4 is 56.3 Å². The SMILES string of the molecule is C=CC1=C(C)c2cc3[n-]c(cc4[n-]c(cc5nc(cc1n2)C(C)=C5C=C)c(C)c4CCC(=O)[O-])c(CCC(=O)[O-])c3C.Cn1ccnc1.[Fe+2].[H+].[H+]. The first-order valence-corrected chi connectivity index (χ1v) is 15.5.